The topological polar surface area (TPSA) is 67.9 Å². The van der Waals surface area contributed by atoms with E-state index >= 15 is 0 Å². The highest BCUT2D eigenvalue weighted by atomic mass is 35.5. The average molecular weight is 408 g/mol. The summed E-state index contributed by atoms with van der Waals surface area (Å²) in [6.45, 7) is 11.2. The van der Waals surface area contributed by atoms with Crippen LogP contribution in [0.4, 0.5) is 10.5 Å². The lowest BCUT2D eigenvalue weighted by molar-refractivity contribution is -0.136. The molecule has 154 valence electrons. The average Bonchev–Trinajstić information content (AvgIpc) is 2.67. The van der Waals surface area contributed by atoms with E-state index in [0.29, 0.717) is 36.9 Å². The van der Waals surface area contributed by atoms with Crippen LogP contribution in [0.3, 0.4) is 0 Å². The number of carbonyl (C=O) groups excluding carboxylic acids is 2. The Hall–Kier alpha value is -1.83. The second-order valence-corrected chi connectivity index (χ2v) is 8.81. The number of carbonyl (C=O) groups is 2. The number of piperazine rings is 2. The molecular weight excluding hydrogens is 378 g/mol. The summed E-state index contributed by atoms with van der Waals surface area (Å²) in [5.41, 5.74) is 0.724. The largest absolute Gasteiger partial charge is 0.338 e. The molecule has 0 aliphatic carbocycles. The number of hydrogen-bond donors (Lipinski definition) is 2. The summed E-state index contributed by atoms with van der Waals surface area (Å²) < 4.78 is 0. The molecule has 2 aliphatic rings. The first-order valence-corrected chi connectivity index (χ1v) is 10.2. The maximum Gasteiger partial charge on any atom is 0.321 e. The highest BCUT2D eigenvalue weighted by Gasteiger charge is 2.34. The Labute approximate surface area is 172 Å². The second kappa shape index (κ2) is 8.68. The van der Waals surface area contributed by atoms with E-state index in [1.165, 1.54) is 0 Å². The molecule has 2 fully saturated rings. The minimum Gasteiger partial charge on any atom is -0.338 e. The molecular formula is C20H30ClN5O2. The summed E-state index contributed by atoms with van der Waals surface area (Å²) in [7, 11) is 0. The number of anilines is 1. The minimum atomic E-state index is -0.181. The van der Waals surface area contributed by atoms with Gasteiger partial charge in [0.25, 0.3) is 0 Å². The predicted molar refractivity (Wildman–Crippen MR) is 112 cm³/mol. The molecule has 1 unspecified atom stereocenters. The Bertz CT molecular complexity index is 713. The summed E-state index contributed by atoms with van der Waals surface area (Å²) in [6, 6.07) is 6.74. The van der Waals surface area contributed by atoms with Crippen molar-refractivity contribution < 1.29 is 9.59 Å². The molecule has 2 N–H and O–H groups in total. The van der Waals surface area contributed by atoms with Gasteiger partial charge >= 0.3 is 6.03 Å². The van der Waals surface area contributed by atoms with Crippen LogP contribution in [0.15, 0.2) is 24.3 Å². The van der Waals surface area contributed by atoms with Crippen molar-refractivity contribution in [1.82, 2.24) is 20.0 Å². The number of benzene rings is 1. The zero-order valence-corrected chi connectivity index (χ0v) is 17.6. The zero-order valence-electron chi connectivity index (χ0n) is 16.9. The summed E-state index contributed by atoms with van der Waals surface area (Å²) in [5, 5.41) is 6.80. The van der Waals surface area contributed by atoms with Gasteiger partial charge in [0.05, 0.1) is 6.04 Å². The van der Waals surface area contributed by atoms with Crippen molar-refractivity contribution in [3.05, 3.63) is 29.3 Å². The van der Waals surface area contributed by atoms with E-state index in [2.05, 4.69) is 36.3 Å². The van der Waals surface area contributed by atoms with Crippen LogP contribution >= 0.6 is 11.6 Å². The van der Waals surface area contributed by atoms with E-state index in [4.69, 9.17) is 11.6 Å². The number of nitrogens with one attached hydrogen (secondary N) is 2. The van der Waals surface area contributed by atoms with Gasteiger partial charge in [-0.3, -0.25) is 9.69 Å². The Morgan fingerprint density at radius 1 is 1.11 bits per heavy atom. The molecule has 0 bridgehead atoms. The van der Waals surface area contributed by atoms with E-state index in [1.54, 1.807) is 29.2 Å². The van der Waals surface area contributed by atoms with Crippen molar-refractivity contribution in [2.75, 3.05) is 51.1 Å². The third-order valence-corrected chi connectivity index (χ3v) is 5.61. The standard InChI is InChI=1S/C20H30ClN5O2/c1-20(2,3)26-8-7-22-17(14-26)18(27)24-9-11-25(12-10-24)19(28)23-16-6-4-5-15(21)13-16/h4-6,13,17,22H,7-12,14H2,1-3H3,(H,23,28). The van der Waals surface area contributed by atoms with Gasteiger partial charge < -0.3 is 20.4 Å². The lowest BCUT2D eigenvalue weighted by atomic mass is 10.0. The summed E-state index contributed by atoms with van der Waals surface area (Å²) in [4.78, 5) is 31.3. The van der Waals surface area contributed by atoms with Crippen molar-refractivity contribution in [1.29, 1.82) is 0 Å². The van der Waals surface area contributed by atoms with Crippen LogP contribution in [0.25, 0.3) is 0 Å². The van der Waals surface area contributed by atoms with Gasteiger partial charge in [0.2, 0.25) is 5.91 Å². The Kier molecular flexibility index (Phi) is 6.47. The van der Waals surface area contributed by atoms with Crippen molar-refractivity contribution in [2.45, 2.75) is 32.4 Å². The Morgan fingerprint density at radius 2 is 1.79 bits per heavy atom. The monoisotopic (exact) mass is 407 g/mol. The minimum absolute atomic E-state index is 0.0533. The molecule has 0 radical (unpaired) electrons. The van der Waals surface area contributed by atoms with Gasteiger partial charge in [-0.05, 0) is 39.0 Å². The molecule has 1 aromatic rings. The van der Waals surface area contributed by atoms with Crippen LogP contribution < -0.4 is 10.6 Å². The molecule has 0 aromatic heterocycles. The lowest BCUT2D eigenvalue weighted by Gasteiger charge is -2.43. The molecule has 0 spiro atoms. The number of rotatable bonds is 2. The van der Waals surface area contributed by atoms with E-state index in [0.717, 1.165) is 19.6 Å². The fraction of sp³-hybridized carbons (Fsp3) is 0.600. The van der Waals surface area contributed by atoms with Gasteiger partial charge in [0, 0.05) is 62.1 Å². The molecule has 1 aromatic carbocycles. The molecule has 1 atom stereocenters. The zero-order chi connectivity index (χ0) is 20.3. The number of hydrogen-bond acceptors (Lipinski definition) is 4. The van der Waals surface area contributed by atoms with E-state index in [9.17, 15) is 9.59 Å². The molecule has 0 saturated carbocycles. The molecule has 3 amide bonds. The quantitative estimate of drug-likeness (QED) is 0.787. The summed E-state index contributed by atoms with van der Waals surface area (Å²) in [5.74, 6) is 0.129. The number of nitrogens with zero attached hydrogens (tertiary/aromatic N) is 3. The van der Waals surface area contributed by atoms with Crippen molar-refractivity contribution in [3.63, 3.8) is 0 Å². The van der Waals surface area contributed by atoms with Crippen LogP contribution in [0.2, 0.25) is 5.02 Å². The van der Waals surface area contributed by atoms with Gasteiger partial charge in [-0.2, -0.15) is 0 Å². The SMILES string of the molecule is CC(C)(C)N1CCNC(C(=O)N2CCN(C(=O)Nc3cccc(Cl)c3)CC2)C1. The van der Waals surface area contributed by atoms with Crippen LogP contribution in [-0.4, -0.2) is 84.0 Å². The molecule has 7 nitrogen and oxygen atoms in total. The smallest absolute Gasteiger partial charge is 0.321 e. The van der Waals surface area contributed by atoms with Gasteiger partial charge in [-0.15, -0.1) is 0 Å². The van der Waals surface area contributed by atoms with E-state index in [1.807, 2.05) is 4.90 Å². The number of halogens is 1. The lowest BCUT2D eigenvalue weighted by Crippen LogP contribution is -2.63. The summed E-state index contributed by atoms with van der Waals surface area (Å²) in [6.07, 6.45) is 0. The van der Waals surface area contributed by atoms with Gasteiger partial charge in [-0.25, -0.2) is 4.79 Å². The number of amides is 3. The highest BCUT2D eigenvalue weighted by Crippen LogP contribution is 2.18. The van der Waals surface area contributed by atoms with Crippen LogP contribution in [0, 0.1) is 0 Å². The van der Waals surface area contributed by atoms with Crippen molar-refractivity contribution in [3.8, 4) is 0 Å². The van der Waals surface area contributed by atoms with Crippen LogP contribution in [0.1, 0.15) is 20.8 Å². The van der Waals surface area contributed by atoms with Gasteiger partial charge in [0.1, 0.15) is 0 Å². The predicted octanol–water partition coefficient (Wildman–Crippen LogP) is 2.09. The molecule has 8 heteroatoms. The first kappa shape index (κ1) is 20.9. The van der Waals surface area contributed by atoms with Crippen molar-refractivity contribution >= 4 is 29.2 Å². The molecule has 3 rings (SSSR count). The maximum atomic E-state index is 12.9. The van der Waals surface area contributed by atoms with Crippen LogP contribution in [0.5, 0.6) is 0 Å². The third-order valence-electron chi connectivity index (χ3n) is 5.38. The second-order valence-electron chi connectivity index (χ2n) is 8.38. The maximum absolute atomic E-state index is 12.9. The van der Waals surface area contributed by atoms with E-state index < -0.39 is 0 Å². The van der Waals surface area contributed by atoms with Gasteiger partial charge in [0.15, 0.2) is 0 Å². The van der Waals surface area contributed by atoms with Crippen LogP contribution in [-0.2, 0) is 4.79 Å². The summed E-state index contributed by atoms with van der Waals surface area (Å²) >= 11 is 5.96. The normalized spacial score (nSPS) is 21.5. The molecule has 28 heavy (non-hydrogen) atoms. The first-order valence-electron chi connectivity index (χ1n) is 9.83. The molecule has 2 heterocycles. The molecule has 2 aliphatic heterocycles. The van der Waals surface area contributed by atoms with Gasteiger partial charge in [-0.1, -0.05) is 17.7 Å². The fourth-order valence-corrected chi connectivity index (χ4v) is 3.83. The third kappa shape index (κ3) is 5.16. The van der Waals surface area contributed by atoms with E-state index in [-0.39, 0.29) is 23.5 Å². The Morgan fingerprint density at radius 3 is 2.43 bits per heavy atom. The Balaban J connectivity index is 1.50. The number of urea groups is 1. The first-order chi connectivity index (χ1) is 13.2. The highest BCUT2D eigenvalue weighted by molar-refractivity contribution is 6.30. The fourth-order valence-electron chi connectivity index (χ4n) is 3.64. The molecule has 2 saturated heterocycles. The van der Waals surface area contributed by atoms with Crippen molar-refractivity contribution in [2.24, 2.45) is 0 Å².